The number of amides is 1. The largest absolute Gasteiger partial charge is 0.329 e. The van der Waals surface area contributed by atoms with Crippen LogP contribution < -0.4 is 5.32 Å². The van der Waals surface area contributed by atoms with Crippen LogP contribution in [-0.2, 0) is 6.42 Å². The summed E-state index contributed by atoms with van der Waals surface area (Å²) >= 11 is 0. The van der Waals surface area contributed by atoms with Crippen molar-refractivity contribution in [3.8, 4) is 0 Å². The summed E-state index contributed by atoms with van der Waals surface area (Å²) in [7, 11) is 0. The van der Waals surface area contributed by atoms with Crippen molar-refractivity contribution < 1.29 is 4.79 Å². The second-order valence-electron chi connectivity index (χ2n) is 8.91. The molecule has 2 aliphatic heterocycles. The Balaban J connectivity index is 1.52. The number of piperidine rings is 1. The molecule has 1 N–H and O–H groups in total. The van der Waals surface area contributed by atoms with Crippen LogP contribution in [0.25, 0.3) is 0 Å². The van der Waals surface area contributed by atoms with E-state index in [4.69, 9.17) is 0 Å². The van der Waals surface area contributed by atoms with Crippen LogP contribution in [0.4, 0.5) is 0 Å². The summed E-state index contributed by atoms with van der Waals surface area (Å²) in [6.07, 6.45) is 8.39. The minimum Gasteiger partial charge on any atom is -0.329 e. The van der Waals surface area contributed by atoms with Crippen molar-refractivity contribution in [2.75, 3.05) is 0 Å². The van der Waals surface area contributed by atoms with E-state index >= 15 is 0 Å². The van der Waals surface area contributed by atoms with Crippen LogP contribution in [0.3, 0.4) is 0 Å². The zero-order chi connectivity index (χ0) is 19.1. The second kappa shape index (κ2) is 6.96. The number of nitrogens with one attached hydrogen (secondary N) is 1. The predicted octanol–water partition coefficient (Wildman–Crippen LogP) is 3.22. The van der Waals surface area contributed by atoms with Crippen molar-refractivity contribution >= 4 is 5.91 Å². The molecule has 3 heterocycles. The molecule has 0 radical (unpaired) electrons. The number of hydrogen-bond acceptors (Lipinski definition) is 4. The van der Waals surface area contributed by atoms with Crippen LogP contribution in [0.2, 0.25) is 0 Å². The summed E-state index contributed by atoms with van der Waals surface area (Å²) in [6.45, 7) is 2.40. The number of carbonyl (C=O) groups excluding carboxylic acids is 1. The van der Waals surface area contributed by atoms with E-state index in [0.29, 0.717) is 11.7 Å². The van der Waals surface area contributed by atoms with Gasteiger partial charge in [-0.05, 0) is 43.4 Å². The Labute approximate surface area is 166 Å². The molecular formula is C23H28N4O. The average molecular weight is 377 g/mol. The molecule has 1 aromatic heterocycles. The van der Waals surface area contributed by atoms with Gasteiger partial charge in [0, 0.05) is 35.8 Å². The lowest BCUT2D eigenvalue weighted by Crippen LogP contribution is -2.57. The highest BCUT2D eigenvalue weighted by Crippen LogP contribution is 2.52. The molecule has 3 fully saturated rings. The summed E-state index contributed by atoms with van der Waals surface area (Å²) in [5.74, 6) is 0.0502. The third-order valence-corrected chi connectivity index (χ3v) is 7.32. The highest BCUT2D eigenvalue weighted by Gasteiger charge is 2.60. The standard InChI is InChI=1S/C23H28N4O/c1-23-15-19-18(14-16-8-3-2-4-9-16)25-20(23)11-5-6-12-21(23)27(19)22(28)17-10-7-13-24-26-17/h2-4,7-10,13,18-21,25H,5-6,11-12,14-15H2,1H3/t18-,19-,20+,21-,23+/m0/s1. The fourth-order valence-corrected chi connectivity index (χ4v) is 5.98. The molecule has 1 saturated carbocycles. The summed E-state index contributed by atoms with van der Waals surface area (Å²) in [6, 6.07) is 15.5. The van der Waals surface area contributed by atoms with Gasteiger partial charge >= 0.3 is 0 Å². The lowest BCUT2D eigenvalue weighted by Gasteiger charge is -2.43. The summed E-state index contributed by atoms with van der Waals surface area (Å²) in [4.78, 5) is 15.7. The average Bonchev–Trinajstić information content (AvgIpc) is 2.88. The fraction of sp³-hybridized carbons (Fsp3) is 0.522. The lowest BCUT2D eigenvalue weighted by molar-refractivity contribution is 0.0604. The predicted molar refractivity (Wildman–Crippen MR) is 108 cm³/mol. The maximum Gasteiger partial charge on any atom is 0.274 e. The van der Waals surface area contributed by atoms with Crippen LogP contribution >= 0.6 is 0 Å². The normalized spacial score (nSPS) is 34.1. The van der Waals surface area contributed by atoms with E-state index < -0.39 is 0 Å². The van der Waals surface area contributed by atoms with Crippen molar-refractivity contribution in [2.24, 2.45) is 5.41 Å². The van der Waals surface area contributed by atoms with Crippen LogP contribution in [0.1, 0.15) is 55.1 Å². The van der Waals surface area contributed by atoms with Gasteiger partial charge in [0.05, 0.1) is 0 Å². The zero-order valence-electron chi connectivity index (χ0n) is 16.4. The number of fused-ring (bicyclic) bond motifs is 1. The number of carbonyl (C=O) groups is 1. The highest BCUT2D eigenvalue weighted by molar-refractivity contribution is 5.93. The topological polar surface area (TPSA) is 58.1 Å². The number of benzene rings is 1. The van der Waals surface area contributed by atoms with Gasteiger partial charge in [-0.15, -0.1) is 5.10 Å². The third-order valence-electron chi connectivity index (χ3n) is 7.32. The van der Waals surface area contributed by atoms with Gasteiger partial charge in [0.2, 0.25) is 0 Å². The first-order valence-corrected chi connectivity index (χ1v) is 10.6. The Hall–Kier alpha value is -2.27. The van der Waals surface area contributed by atoms with E-state index in [0.717, 1.165) is 19.3 Å². The lowest BCUT2D eigenvalue weighted by atomic mass is 9.70. The molecule has 1 amide bonds. The van der Waals surface area contributed by atoms with Gasteiger partial charge in [0.15, 0.2) is 5.69 Å². The number of likely N-dealkylation sites (tertiary alicyclic amines) is 1. The molecule has 5 rings (SSSR count). The Bertz CT molecular complexity index is 842. The monoisotopic (exact) mass is 376 g/mol. The van der Waals surface area contributed by atoms with Crippen LogP contribution in [0, 0.1) is 5.41 Å². The summed E-state index contributed by atoms with van der Waals surface area (Å²) in [5, 5.41) is 12.1. The van der Waals surface area contributed by atoms with Gasteiger partial charge in [-0.3, -0.25) is 4.79 Å². The molecule has 1 aliphatic carbocycles. The molecule has 5 nitrogen and oxygen atoms in total. The van der Waals surface area contributed by atoms with Crippen molar-refractivity contribution in [1.29, 1.82) is 0 Å². The Morgan fingerprint density at radius 3 is 2.79 bits per heavy atom. The minimum atomic E-state index is 0.0502. The Morgan fingerprint density at radius 1 is 1.18 bits per heavy atom. The van der Waals surface area contributed by atoms with Gasteiger partial charge in [0.25, 0.3) is 5.91 Å². The first-order valence-electron chi connectivity index (χ1n) is 10.6. The Kier molecular flexibility index (Phi) is 4.43. The first kappa shape index (κ1) is 17.8. The molecule has 28 heavy (non-hydrogen) atoms. The number of nitrogens with zero attached hydrogens (tertiary/aromatic N) is 3. The van der Waals surface area contributed by atoms with Gasteiger partial charge < -0.3 is 10.2 Å². The molecular weight excluding hydrogens is 348 g/mol. The van der Waals surface area contributed by atoms with Crippen LogP contribution in [0.5, 0.6) is 0 Å². The summed E-state index contributed by atoms with van der Waals surface area (Å²) in [5.41, 5.74) is 1.94. The number of aromatic nitrogens is 2. The first-order chi connectivity index (χ1) is 13.7. The van der Waals surface area contributed by atoms with E-state index in [2.05, 4.69) is 57.7 Å². The van der Waals surface area contributed by atoms with Gasteiger partial charge in [-0.25, -0.2) is 0 Å². The fourth-order valence-electron chi connectivity index (χ4n) is 5.98. The van der Waals surface area contributed by atoms with E-state index in [9.17, 15) is 4.79 Å². The van der Waals surface area contributed by atoms with E-state index in [-0.39, 0.29) is 29.4 Å². The van der Waals surface area contributed by atoms with Gasteiger partial charge in [-0.1, -0.05) is 50.1 Å². The molecule has 0 spiro atoms. The molecule has 3 aliphatic rings. The maximum absolute atomic E-state index is 13.5. The highest BCUT2D eigenvalue weighted by atomic mass is 16.2. The molecule has 2 saturated heterocycles. The molecule has 2 bridgehead atoms. The van der Waals surface area contributed by atoms with Crippen molar-refractivity contribution in [1.82, 2.24) is 20.4 Å². The smallest absolute Gasteiger partial charge is 0.274 e. The molecule has 5 atom stereocenters. The quantitative estimate of drug-likeness (QED) is 0.894. The van der Waals surface area contributed by atoms with E-state index in [1.807, 2.05) is 0 Å². The number of rotatable bonds is 3. The molecule has 2 aromatic rings. The minimum absolute atomic E-state index is 0.0502. The Morgan fingerprint density at radius 2 is 2.00 bits per heavy atom. The van der Waals surface area contributed by atoms with Gasteiger partial charge in [-0.2, -0.15) is 5.10 Å². The molecule has 0 unspecified atom stereocenters. The second-order valence-corrected chi connectivity index (χ2v) is 8.91. The van der Waals surface area contributed by atoms with Crippen molar-refractivity contribution in [2.45, 2.75) is 69.6 Å². The van der Waals surface area contributed by atoms with Crippen molar-refractivity contribution in [3.05, 3.63) is 59.9 Å². The number of hydrogen-bond donors (Lipinski definition) is 1. The van der Waals surface area contributed by atoms with Crippen LogP contribution in [0.15, 0.2) is 48.7 Å². The third kappa shape index (κ3) is 2.84. The van der Waals surface area contributed by atoms with Crippen LogP contribution in [-0.4, -0.2) is 45.2 Å². The zero-order valence-corrected chi connectivity index (χ0v) is 16.4. The molecule has 146 valence electrons. The maximum atomic E-state index is 13.5. The summed E-state index contributed by atoms with van der Waals surface area (Å²) < 4.78 is 0. The van der Waals surface area contributed by atoms with E-state index in [1.165, 1.54) is 24.8 Å². The molecule has 5 heteroatoms. The van der Waals surface area contributed by atoms with Crippen molar-refractivity contribution in [3.63, 3.8) is 0 Å². The van der Waals surface area contributed by atoms with E-state index in [1.54, 1.807) is 18.3 Å². The molecule has 1 aromatic carbocycles. The van der Waals surface area contributed by atoms with Gasteiger partial charge in [0.1, 0.15) is 0 Å². The SMILES string of the molecule is C[C@@]12C[C@H]3[C@H](Cc4ccccc4)N[C@@H]1CCCC[C@@H]2N3C(=O)c1cccnn1.